The van der Waals surface area contributed by atoms with E-state index in [4.69, 9.17) is 20.8 Å². The number of aliphatic hydroxyl groups excluding tert-OH is 1. The van der Waals surface area contributed by atoms with Crippen LogP contribution in [0.5, 0.6) is 5.75 Å². The zero-order valence-electron chi connectivity index (χ0n) is 18.2. The number of carbonyl (C=O) groups excluding carboxylic acids is 2. The minimum Gasteiger partial charge on any atom is -0.507 e. The molecule has 3 heterocycles. The molecule has 172 valence electrons. The van der Waals surface area contributed by atoms with Crippen molar-refractivity contribution in [2.75, 3.05) is 13.7 Å². The SMILES string of the molecule is COc1ccc(/C(O)=C2/C(=O)C(=O)N(CCc3c[nH]c4ccccc34)C2c2ccco2)cc1Cl. The lowest BCUT2D eigenvalue weighted by Gasteiger charge is -2.23. The number of methoxy groups -OCH3 is 1. The van der Waals surface area contributed by atoms with Crippen LogP contribution in [0, 0.1) is 0 Å². The van der Waals surface area contributed by atoms with Gasteiger partial charge in [0, 0.05) is 29.2 Å². The summed E-state index contributed by atoms with van der Waals surface area (Å²) in [7, 11) is 1.48. The van der Waals surface area contributed by atoms with Crippen molar-refractivity contribution < 1.29 is 23.8 Å². The van der Waals surface area contributed by atoms with E-state index in [0.717, 1.165) is 16.5 Å². The molecule has 2 aromatic heterocycles. The van der Waals surface area contributed by atoms with Crippen LogP contribution in [0.15, 0.2) is 77.0 Å². The van der Waals surface area contributed by atoms with E-state index in [9.17, 15) is 14.7 Å². The van der Waals surface area contributed by atoms with Crippen LogP contribution in [0.4, 0.5) is 0 Å². The first-order valence-corrected chi connectivity index (χ1v) is 11.1. The van der Waals surface area contributed by atoms with Crippen molar-refractivity contribution >= 4 is 40.0 Å². The van der Waals surface area contributed by atoms with Crippen molar-refractivity contribution in [2.24, 2.45) is 0 Å². The van der Waals surface area contributed by atoms with Gasteiger partial charge in [-0.05, 0) is 48.4 Å². The number of para-hydroxylation sites is 1. The summed E-state index contributed by atoms with van der Waals surface area (Å²) in [6, 6.07) is 15.1. The minimum absolute atomic E-state index is 0.0416. The maximum Gasteiger partial charge on any atom is 0.295 e. The summed E-state index contributed by atoms with van der Waals surface area (Å²) >= 11 is 6.22. The average Bonchev–Trinajstić information content (AvgIpc) is 3.57. The van der Waals surface area contributed by atoms with Gasteiger partial charge in [-0.15, -0.1) is 0 Å². The number of furan rings is 1. The van der Waals surface area contributed by atoms with Gasteiger partial charge in [-0.2, -0.15) is 0 Å². The molecule has 4 aromatic rings. The van der Waals surface area contributed by atoms with Crippen molar-refractivity contribution in [1.29, 1.82) is 0 Å². The molecule has 0 radical (unpaired) electrons. The number of ketones is 1. The Balaban J connectivity index is 1.54. The molecule has 2 aromatic carbocycles. The number of benzene rings is 2. The topological polar surface area (TPSA) is 95.8 Å². The number of hydrogen-bond donors (Lipinski definition) is 2. The van der Waals surface area contributed by atoms with Gasteiger partial charge in [0.2, 0.25) is 0 Å². The van der Waals surface area contributed by atoms with E-state index in [1.165, 1.54) is 24.3 Å². The number of nitrogens with one attached hydrogen (secondary N) is 1. The molecule has 7 nitrogen and oxygen atoms in total. The highest BCUT2D eigenvalue weighted by atomic mass is 35.5. The Bertz CT molecular complexity index is 1420. The third kappa shape index (κ3) is 3.64. The van der Waals surface area contributed by atoms with Gasteiger partial charge in [0.1, 0.15) is 23.3 Å². The van der Waals surface area contributed by atoms with Crippen molar-refractivity contribution in [2.45, 2.75) is 12.5 Å². The van der Waals surface area contributed by atoms with E-state index in [2.05, 4.69) is 4.98 Å². The molecule has 1 unspecified atom stereocenters. The standard InChI is InChI=1S/C26H21ClN2O5/c1-33-20-9-8-15(13-18(20)27)24(30)22-23(21-7-4-12-34-21)29(26(32)25(22)31)11-10-16-14-28-19-6-3-2-5-17(16)19/h2-9,12-14,23,28,30H,10-11H2,1H3/b24-22-. The molecule has 1 atom stereocenters. The van der Waals surface area contributed by atoms with Gasteiger partial charge < -0.3 is 24.1 Å². The molecule has 0 aliphatic carbocycles. The molecule has 0 bridgehead atoms. The highest BCUT2D eigenvalue weighted by molar-refractivity contribution is 6.46. The molecular formula is C26H21ClN2O5. The first-order valence-electron chi connectivity index (χ1n) is 10.7. The number of fused-ring (bicyclic) bond motifs is 1. The third-order valence-corrected chi connectivity index (χ3v) is 6.37. The number of Topliss-reactive ketones (excluding diaryl/α,β-unsaturated/α-hetero) is 1. The number of aromatic amines is 1. The quantitative estimate of drug-likeness (QED) is 0.229. The van der Waals surface area contributed by atoms with E-state index in [0.29, 0.717) is 23.5 Å². The summed E-state index contributed by atoms with van der Waals surface area (Å²) in [5.74, 6) is -0.967. The van der Waals surface area contributed by atoms with Gasteiger partial charge in [0.05, 0.1) is 24.0 Å². The van der Waals surface area contributed by atoms with Gasteiger partial charge in [-0.1, -0.05) is 29.8 Å². The van der Waals surface area contributed by atoms with Crippen LogP contribution in [0.1, 0.15) is 22.9 Å². The van der Waals surface area contributed by atoms with Crippen LogP contribution >= 0.6 is 11.6 Å². The van der Waals surface area contributed by atoms with Crippen LogP contribution in [0.3, 0.4) is 0 Å². The van der Waals surface area contributed by atoms with E-state index in [1.807, 2.05) is 30.5 Å². The number of halogens is 1. The molecule has 0 spiro atoms. The summed E-state index contributed by atoms with van der Waals surface area (Å²) in [4.78, 5) is 30.9. The number of H-pyrrole nitrogens is 1. The Morgan fingerprint density at radius 3 is 2.74 bits per heavy atom. The number of ether oxygens (including phenoxy) is 1. The first kappa shape index (κ1) is 21.9. The van der Waals surface area contributed by atoms with Gasteiger partial charge in [0.15, 0.2) is 0 Å². The normalized spacial score (nSPS) is 17.6. The second-order valence-corrected chi connectivity index (χ2v) is 8.37. The number of hydrogen-bond acceptors (Lipinski definition) is 5. The predicted molar refractivity (Wildman–Crippen MR) is 128 cm³/mol. The zero-order chi connectivity index (χ0) is 23.8. The fourth-order valence-corrected chi connectivity index (χ4v) is 4.66. The summed E-state index contributed by atoms with van der Waals surface area (Å²) < 4.78 is 10.7. The van der Waals surface area contributed by atoms with Crippen LogP contribution in [0.2, 0.25) is 5.02 Å². The molecule has 1 fully saturated rings. The van der Waals surface area contributed by atoms with Gasteiger partial charge >= 0.3 is 0 Å². The Hall–Kier alpha value is -3.97. The molecule has 34 heavy (non-hydrogen) atoms. The molecule has 1 aliphatic heterocycles. The lowest BCUT2D eigenvalue weighted by Crippen LogP contribution is -2.31. The summed E-state index contributed by atoms with van der Waals surface area (Å²) in [5.41, 5.74) is 2.29. The van der Waals surface area contributed by atoms with Gasteiger partial charge in [-0.25, -0.2) is 0 Å². The largest absolute Gasteiger partial charge is 0.507 e. The number of aliphatic hydroxyl groups is 1. The van der Waals surface area contributed by atoms with Crippen LogP contribution in [-0.2, 0) is 16.0 Å². The summed E-state index contributed by atoms with van der Waals surface area (Å²) in [6.07, 6.45) is 3.89. The van der Waals surface area contributed by atoms with Crippen LogP contribution in [-0.4, -0.2) is 40.3 Å². The molecule has 1 amide bonds. The van der Waals surface area contributed by atoms with E-state index in [1.54, 1.807) is 24.3 Å². The maximum absolute atomic E-state index is 13.1. The Morgan fingerprint density at radius 2 is 2.00 bits per heavy atom. The number of amides is 1. The number of likely N-dealkylation sites (tertiary alicyclic amines) is 1. The van der Waals surface area contributed by atoms with Crippen molar-refractivity contribution in [1.82, 2.24) is 9.88 Å². The summed E-state index contributed by atoms with van der Waals surface area (Å²) in [5, 5.41) is 12.4. The van der Waals surface area contributed by atoms with E-state index < -0.39 is 17.7 Å². The van der Waals surface area contributed by atoms with E-state index in [-0.39, 0.29) is 22.9 Å². The number of carbonyl (C=O) groups is 2. The minimum atomic E-state index is -0.860. The fourth-order valence-electron chi connectivity index (χ4n) is 4.40. The number of rotatable bonds is 6. The molecule has 5 rings (SSSR count). The van der Waals surface area contributed by atoms with Gasteiger partial charge in [0.25, 0.3) is 11.7 Å². The Morgan fingerprint density at radius 1 is 1.18 bits per heavy atom. The van der Waals surface area contributed by atoms with Crippen molar-refractivity contribution in [3.63, 3.8) is 0 Å². The van der Waals surface area contributed by atoms with Gasteiger partial charge in [-0.3, -0.25) is 9.59 Å². The molecule has 0 saturated carbocycles. The van der Waals surface area contributed by atoms with Crippen LogP contribution < -0.4 is 4.74 Å². The monoisotopic (exact) mass is 476 g/mol. The molecular weight excluding hydrogens is 456 g/mol. The second kappa shape index (κ2) is 8.76. The summed E-state index contributed by atoms with van der Waals surface area (Å²) in [6.45, 7) is 0.262. The van der Waals surface area contributed by atoms with Crippen molar-refractivity contribution in [3.05, 3.63) is 94.5 Å². The second-order valence-electron chi connectivity index (χ2n) is 7.97. The van der Waals surface area contributed by atoms with Crippen molar-refractivity contribution in [3.8, 4) is 5.75 Å². The first-order chi connectivity index (χ1) is 16.5. The molecule has 1 saturated heterocycles. The zero-order valence-corrected chi connectivity index (χ0v) is 19.0. The lowest BCUT2D eigenvalue weighted by molar-refractivity contribution is -0.140. The third-order valence-electron chi connectivity index (χ3n) is 6.07. The predicted octanol–water partition coefficient (Wildman–Crippen LogP) is 5.09. The highest BCUT2D eigenvalue weighted by Crippen LogP contribution is 2.40. The lowest BCUT2D eigenvalue weighted by atomic mass is 9.99. The van der Waals surface area contributed by atoms with Crippen LogP contribution in [0.25, 0.3) is 16.7 Å². The molecule has 2 N–H and O–H groups in total. The molecule has 8 heteroatoms. The Kier molecular flexibility index (Phi) is 5.63. The Labute approximate surface area is 200 Å². The molecule has 1 aliphatic rings. The smallest absolute Gasteiger partial charge is 0.295 e. The van der Waals surface area contributed by atoms with E-state index >= 15 is 0 Å². The number of aromatic nitrogens is 1. The fraction of sp³-hybridized carbons (Fsp3) is 0.154. The maximum atomic E-state index is 13.1. The number of nitrogens with zero attached hydrogens (tertiary/aromatic N) is 1. The average molecular weight is 477 g/mol. The highest BCUT2D eigenvalue weighted by Gasteiger charge is 2.47.